The average Bonchev–Trinajstić information content (AvgIpc) is 4.10. The van der Waals surface area contributed by atoms with Gasteiger partial charge in [0, 0.05) is 114 Å². The quantitative estimate of drug-likeness (QED) is 0.0488. The molecule has 358 valence electrons. The van der Waals surface area contributed by atoms with Crippen LogP contribution in [-0.4, -0.2) is 117 Å². The average molecular weight is 917 g/mol. The highest BCUT2D eigenvalue weighted by Crippen LogP contribution is 2.40. The highest BCUT2D eigenvalue weighted by Gasteiger charge is 2.31. The van der Waals surface area contributed by atoms with Crippen LogP contribution in [0.2, 0.25) is 0 Å². The van der Waals surface area contributed by atoms with E-state index in [1.807, 2.05) is 29.0 Å². The fraction of sp³-hybridized carbons (Fsp3) is 0.560. The predicted octanol–water partition coefficient (Wildman–Crippen LogP) is 7.08. The fourth-order valence-corrected chi connectivity index (χ4v) is 9.57. The van der Waals surface area contributed by atoms with Crippen LogP contribution in [0.4, 0.5) is 28.2 Å². The molecule has 0 bridgehead atoms. The number of nitrogens with zero attached hydrogens (tertiary/aromatic N) is 9. The number of carbonyl (C=O) groups excluding carboxylic acids is 1. The summed E-state index contributed by atoms with van der Waals surface area (Å²) in [6, 6.07) is 15.7. The number of hydrogen-bond donors (Lipinski definition) is 4. The number of aryl methyl sites for hydroxylation is 1. The molecule has 4 N–H and O–H groups in total. The summed E-state index contributed by atoms with van der Waals surface area (Å²) in [5.74, 6) is 4.25. The Morgan fingerprint density at radius 1 is 0.940 bits per heavy atom. The second-order valence-electron chi connectivity index (χ2n) is 18.4. The first-order valence-electron chi connectivity index (χ1n) is 24.7. The van der Waals surface area contributed by atoms with E-state index in [-0.39, 0.29) is 25.3 Å². The molecule has 17 nitrogen and oxygen atoms in total. The molecule has 4 aromatic heterocycles. The standard InChI is InChI=1S/C50H68N12O5/c1-3-38-33-55-62-44(29-45(57-48(38)62)60-20-5-4-8-42(60)17-24-63)52-30-37-11-16-46(53-31-37)66-27-7-26-65-25-6-21-61-47-41(34-67-50(61)64)32-54-49(58-47)56-35(2)39-12-14-40(15-13-39)43(28-36-9-10-36)59-22-18-51-19-23-59/h11-16,29,31-33,35-36,42-43,51-52,63H,3-10,17-28,30,34H2,1-2H3,(H,54,56,58)/t35-,42-,43-/m0/s1. The fourth-order valence-electron chi connectivity index (χ4n) is 9.57. The maximum atomic E-state index is 12.9. The molecular formula is C50H68N12O5. The first-order chi connectivity index (χ1) is 32.9. The van der Waals surface area contributed by atoms with Gasteiger partial charge in [0.1, 0.15) is 24.1 Å². The lowest BCUT2D eigenvalue weighted by molar-refractivity contribution is 0.115. The van der Waals surface area contributed by atoms with Crippen LogP contribution in [0.1, 0.15) is 112 Å². The first-order valence-corrected chi connectivity index (χ1v) is 24.7. The number of aliphatic hydroxyl groups is 1. The Kier molecular flexibility index (Phi) is 15.6. The third-order valence-electron chi connectivity index (χ3n) is 13.6. The third kappa shape index (κ3) is 11.7. The second-order valence-corrected chi connectivity index (χ2v) is 18.4. The largest absolute Gasteiger partial charge is 0.478 e. The smallest absolute Gasteiger partial charge is 0.415 e. The van der Waals surface area contributed by atoms with Gasteiger partial charge in [0.2, 0.25) is 11.8 Å². The Morgan fingerprint density at radius 3 is 2.57 bits per heavy atom. The number of ether oxygens (including phenoxy) is 3. The van der Waals surface area contributed by atoms with Gasteiger partial charge in [-0.15, -0.1) is 0 Å². The lowest BCUT2D eigenvalue weighted by atomic mass is 9.96. The molecule has 9 rings (SSSR count). The molecule has 67 heavy (non-hydrogen) atoms. The summed E-state index contributed by atoms with van der Waals surface area (Å²) in [5.41, 5.74) is 6.30. The van der Waals surface area contributed by atoms with Crippen LogP contribution in [0.15, 0.2) is 61.1 Å². The molecule has 3 fully saturated rings. The SMILES string of the molecule is CCc1cnn2c(NCc3ccc(OCCCOCCCN4C(=O)OCc5cnc(N[C@@H](C)c6ccc([C@H](CC7CC7)N7CCNCC7)cc6)nc54)nc3)cc(N3CCCC[C@H]3CCO)nc12. The lowest BCUT2D eigenvalue weighted by Crippen LogP contribution is -2.45. The van der Waals surface area contributed by atoms with Crippen LogP contribution in [0.25, 0.3) is 5.65 Å². The summed E-state index contributed by atoms with van der Waals surface area (Å²) < 4.78 is 19.2. The summed E-state index contributed by atoms with van der Waals surface area (Å²) in [5, 5.41) is 24.9. The summed E-state index contributed by atoms with van der Waals surface area (Å²) >= 11 is 0. The van der Waals surface area contributed by atoms with Gasteiger partial charge in [-0.25, -0.2) is 19.7 Å². The van der Waals surface area contributed by atoms with Gasteiger partial charge in [-0.2, -0.15) is 14.6 Å². The third-order valence-corrected chi connectivity index (χ3v) is 13.6. The molecule has 3 aliphatic heterocycles. The van der Waals surface area contributed by atoms with E-state index < -0.39 is 6.09 Å². The molecule has 5 aromatic rings. The van der Waals surface area contributed by atoms with E-state index >= 15 is 0 Å². The van der Waals surface area contributed by atoms with Crippen LogP contribution in [0, 0.1) is 5.92 Å². The van der Waals surface area contributed by atoms with Crippen molar-refractivity contribution in [1.82, 2.24) is 39.8 Å². The van der Waals surface area contributed by atoms with Crippen molar-refractivity contribution >= 4 is 35.1 Å². The number of piperazine rings is 1. The van der Waals surface area contributed by atoms with Gasteiger partial charge in [0.25, 0.3) is 0 Å². The monoisotopic (exact) mass is 917 g/mol. The maximum Gasteiger partial charge on any atom is 0.415 e. The molecule has 17 heteroatoms. The Balaban J connectivity index is 0.705. The molecule has 4 aliphatic rings. The number of cyclic esters (lactones) is 1. The Morgan fingerprint density at radius 2 is 1.78 bits per heavy atom. The number of pyridine rings is 1. The van der Waals surface area contributed by atoms with Crippen LogP contribution in [-0.2, 0) is 29.0 Å². The van der Waals surface area contributed by atoms with E-state index in [9.17, 15) is 9.90 Å². The van der Waals surface area contributed by atoms with Crippen molar-refractivity contribution in [2.75, 3.05) is 86.1 Å². The van der Waals surface area contributed by atoms with Gasteiger partial charge in [-0.05, 0) is 74.5 Å². The topological polar surface area (TPSA) is 180 Å². The zero-order valence-electron chi connectivity index (χ0n) is 39.2. The van der Waals surface area contributed by atoms with E-state index in [1.165, 1.54) is 31.2 Å². The number of anilines is 4. The molecule has 3 atom stereocenters. The number of nitrogens with one attached hydrogen (secondary N) is 3. The summed E-state index contributed by atoms with van der Waals surface area (Å²) in [4.78, 5) is 38.5. The van der Waals surface area contributed by atoms with Gasteiger partial charge < -0.3 is 40.2 Å². The number of piperidine rings is 1. The number of carbonyl (C=O) groups is 1. The van der Waals surface area contributed by atoms with Crippen LogP contribution < -0.4 is 30.5 Å². The number of aliphatic hydroxyl groups excluding tert-OH is 1. The number of hydrogen-bond acceptors (Lipinski definition) is 15. The van der Waals surface area contributed by atoms with E-state index in [0.29, 0.717) is 69.4 Å². The molecule has 1 amide bonds. The van der Waals surface area contributed by atoms with Crippen molar-refractivity contribution in [2.45, 2.75) is 109 Å². The zero-order valence-corrected chi connectivity index (χ0v) is 39.2. The van der Waals surface area contributed by atoms with Crippen LogP contribution >= 0.6 is 0 Å². The number of amides is 1. The number of benzene rings is 1. The molecular weight excluding hydrogens is 849 g/mol. The van der Waals surface area contributed by atoms with Gasteiger partial charge in [-0.3, -0.25) is 9.80 Å². The lowest BCUT2D eigenvalue weighted by Gasteiger charge is -2.36. The minimum atomic E-state index is -0.415. The molecule has 0 radical (unpaired) electrons. The Bertz CT molecular complexity index is 2370. The normalized spacial score (nSPS) is 18.7. The number of fused-ring (bicyclic) bond motifs is 2. The summed E-state index contributed by atoms with van der Waals surface area (Å²) in [7, 11) is 0. The highest BCUT2D eigenvalue weighted by atomic mass is 16.6. The summed E-state index contributed by atoms with van der Waals surface area (Å²) in [6.45, 7) is 12.2. The number of rotatable bonds is 23. The second kappa shape index (κ2) is 22.5. The summed E-state index contributed by atoms with van der Waals surface area (Å²) in [6.07, 6.45) is 15.2. The van der Waals surface area contributed by atoms with E-state index in [1.54, 1.807) is 11.1 Å². The molecule has 0 unspecified atom stereocenters. The van der Waals surface area contributed by atoms with Gasteiger partial charge in [0.15, 0.2) is 5.65 Å². The van der Waals surface area contributed by atoms with Gasteiger partial charge in [0.05, 0.1) is 24.4 Å². The molecule has 2 saturated heterocycles. The Labute approximate surface area is 394 Å². The molecule has 0 spiro atoms. The minimum absolute atomic E-state index is 0.0273. The maximum absolute atomic E-state index is 12.9. The first kappa shape index (κ1) is 46.5. The Hall–Kier alpha value is -5.62. The van der Waals surface area contributed by atoms with E-state index in [0.717, 1.165) is 104 Å². The molecule has 1 saturated carbocycles. The van der Waals surface area contributed by atoms with Gasteiger partial charge in [-0.1, -0.05) is 50.1 Å². The van der Waals surface area contributed by atoms with Crippen molar-refractivity contribution in [3.63, 3.8) is 0 Å². The van der Waals surface area contributed by atoms with Crippen LogP contribution in [0.5, 0.6) is 5.88 Å². The highest BCUT2D eigenvalue weighted by molar-refractivity contribution is 5.89. The van der Waals surface area contributed by atoms with E-state index in [2.05, 4.69) is 85.0 Å². The van der Waals surface area contributed by atoms with Crippen molar-refractivity contribution in [3.8, 4) is 5.88 Å². The molecule has 1 aromatic carbocycles. The minimum Gasteiger partial charge on any atom is -0.478 e. The number of aromatic nitrogens is 6. The van der Waals surface area contributed by atoms with Crippen molar-refractivity contribution in [2.24, 2.45) is 5.92 Å². The molecule has 7 heterocycles. The van der Waals surface area contributed by atoms with Crippen molar-refractivity contribution in [3.05, 3.63) is 88.9 Å². The van der Waals surface area contributed by atoms with Gasteiger partial charge >= 0.3 is 6.09 Å². The van der Waals surface area contributed by atoms with Crippen LogP contribution in [0.3, 0.4) is 0 Å². The van der Waals surface area contributed by atoms with Crippen molar-refractivity contribution in [1.29, 1.82) is 0 Å². The van der Waals surface area contributed by atoms with Crippen molar-refractivity contribution < 1.29 is 24.1 Å². The predicted molar refractivity (Wildman–Crippen MR) is 259 cm³/mol. The molecule has 1 aliphatic carbocycles. The zero-order chi connectivity index (χ0) is 46.0. The van der Waals surface area contributed by atoms with E-state index in [4.69, 9.17) is 24.2 Å².